The molecule has 0 aliphatic carbocycles. The van der Waals surface area contributed by atoms with Crippen LogP contribution >= 0.6 is 0 Å². The fraction of sp³-hybridized carbons (Fsp3) is 0.259. The highest BCUT2D eigenvalue weighted by Crippen LogP contribution is 2.32. The molecule has 0 amide bonds. The van der Waals surface area contributed by atoms with Crippen molar-refractivity contribution < 1.29 is 13.2 Å². The van der Waals surface area contributed by atoms with Gasteiger partial charge in [-0.25, -0.2) is 0 Å². The van der Waals surface area contributed by atoms with Gasteiger partial charge in [0.15, 0.2) is 0 Å². The lowest BCUT2D eigenvalue weighted by Crippen LogP contribution is -2.30. The molecule has 4 heteroatoms. The molecule has 0 atom stereocenters. The molecule has 1 aliphatic heterocycles. The molecule has 160 valence electrons. The van der Waals surface area contributed by atoms with E-state index in [1.165, 1.54) is 34.4 Å². The predicted octanol–water partition coefficient (Wildman–Crippen LogP) is 7.01. The molecule has 0 saturated carbocycles. The molecule has 0 radical (unpaired) electrons. The van der Waals surface area contributed by atoms with Crippen LogP contribution in [-0.4, -0.2) is 24.5 Å². The predicted molar refractivity (Wildman–Crippen MR) is 121 cm³/mol. The van der Waals surface area contributed by atoms with Crippen LogP contribution in [0.4, 0.5) is 13.2 Å². The highest BCUT2D eigenvalue weighted by molar-refractivity contribution is 5.68. The maximum absolute atomic E-state index is 13.0. The van der Waals surface area contributed by atoms with Gasteiger partial charge < -0.3 is 0 Å². The highest BCUT2D eigenvalue weighted by atomic mass is 19.4. The van der Waals surface area contributed by atoms with Gasteiger partial charge in [-0.15, -0.1) is 0 Å². The van der Waals surface area contributed by atoms with Crippen molar-refractivity contribution in [2.24, 2.45) is 0 Å². The Morgan fingerprint density at radius 3 is 2.35 bits per heavy atom. The quantitative estimate of drug-likeness (QED) is 0.428. The van der Waals surface area contributed by atoms with Gasteiger partial charge in [0.1, 0.15) is 0 Å². The van der Waals surface area contributed by atoms with E-state index in [0.717, 1.165) is 44.1 Å². The molecule has 4 rings (SSSR count). The summed E-state index contributed by atoms with van der Waals surface area (Å²) in [6, 6.07) is 22.7. The maximum atomic E-state index is 13.0. The summed E-state index contributed by atoms with van der Waals surface area (Å²) < 4.78 is 39.0. The summed E-state index contributed by atoms with van der Waals surface area (Å²) in [5.41, 5.74) is 6.17. The molecule has 0 aromatic heterocycles. The third-order valence-electron chi connectivity index (χ3n) is 5.96. The topological polar surface area (TPSA) is 3.24 Å². The Labute approximate surface area is 181 Å². The molecular formula is C27H26F3N. The number of aryl methyl sites for hydroxylation is 1. The van der Waals surface area contributed by atoms with Crippen LogP contribution in [0.2, 0.25) is 0 Å². The Morgan fingerprint density at radius 2 is 1.65 bits per heavy atom. The zero-order chi connectivity index (χ0) is 21.8. The highest BCUT2D eigenvalue weighted by Gasteiger charge is 2.30. The third kappa shape index (κ3) is 5.26. The molecule has 0 N–H and O–H groups in total. The van der Waals surface area contributed by atoms with Crippen LogP contribution in [0.3, 0.4) is 0 Å². The van der Waals surface area contributed by atoms with Gasteiger partial charge in [0.05, 0.1) is 5.56 Å². The zero-order valence-electron chi connectivity index (χ0n) is 17.6. The fourth-order valence-corrected chi connectivity index (χ4v) is 4.11. The van der Waals surface area contributed by atoms with Crippen LogP contribution in [0.15, 0.2) is 78.9 Å². The first kappa shape index (κ1) is 21.4. The van der Waals surface area contributed by atoms with Gasteiger partial charge in [-0.1, -0.05) is 66.7 Å². The van der Waals surface area contributed by atoms with Crippen LogP contribution < -0.4 is 0 Å². The van der Waals surface area contributed by atoms with Crippen molar-refractivity contribution in [3.05, 3.63) is 101 Å². The van der Waals surface area contributed by atoms with Gasteiger partial charge in [-0.05, 0) is 65.3 Å². The van der Waals surface area contributed by atoms with Crippen LogP contribution in [0, 0.1) is 6.92 Å². The Hall–Kier alpha value is -2.85. The lowest BCUT2D eigenvalue weighted by atomic mass is 9.96. The Balaban J connectivity index is 1.39. The Bertz CT molecular complexity index is 1070. The van der Waals surface area contributed by atoms with Gasteiger partial charge in [0.2, 0.25) is 0 Å². The lowest BCUT2D eigenvalue weighted by molar-refractivity contribution is -0.137. The molecule has 1 nitrogen and oxygen atoms in total. The number of benzene rings is 3. The van der Waals surface area contributed by atoms with Gasteiger partial charge in [0.25, 0.3) is 0 Å². The van der Waals surface area contributed by atoms with Crippen molar-refractivity contribution in [2.45, 2.75) is 25.9 Å². The van der Waals surface area contributed by atoms with Crippen LogP contribution in [0.1, 0.15) is 28.7 Å². The number of hydrogen-bond acceptors (Lipinski definition) is 1. The van der Waals surface area contributed by atoms with E-state index >= 15 is 0 Å². The standard InChI is InChI=1S/C27H26F3N/c1-20-10-11-21(18-26(20)23-6-3-2-4-7-23)12-15-31-16-13-22(14-17-31)24-8-5-9-25(19-24)27(28,29)30/h2-11,13,18-19H,12,14-17H2,1H3. The average Bonchev–Trinajstić information content (AvgIpc) is 2.79. The van der Waals surface area contributed by atoms with Crippen LogP contribution in [-0.2, 0) is 12.6 Å². The molecule has 1 aliphatic rings. The molecule has 0 fully saturated rings. The van der Waals surface area contributed by atoms with E-state index in [1.54, 1.807) is 6.07 Å². The van der Waals surface area contributed by atoms with E-state index in [1.807, 2.05) is 6.07 Å². The summed E-state index contributed by atoms with van der Waals surface area (Å²) in [5, 5.41) is 0. The Kier molecular flexibility index (Phi) is 6.28. The van der Waals surface area contributed by atoms with E-state index in [9.17, 15) is 13.2 Å². The van der Waals surface area contributed by atoms with Gasteiger partial charge in [-0.3, -0.25) is 4.90 Å². The number of alkyl halides is 3. The molecule has 3 aromatic carbocycles. The van der Waals surface area contributed by atoms with Crippen molar-refractivity contribution in [3.63, 3.8) is 0 Å². The second-order valence-electron chi connectivity index (χ2n) is 8.12. The second kappa shape index (κ2) is 9.11. The van der Waals surface area contributed by atoms with Crippen molar-refractivity contribution >= 4 is 5.57 Å². The van der Waals surface area contributed by atoms with Gasteiger partial charge in [-0.2, -0.15) is 13.2 Å². The van der Waals surface area contributed by atoms with Crippen LogP contribution in [0.25, 0.3) is 16.7 Å². The van der Waals surface area contributed by atoms with Gasteiger partial charge in [0, 0.05) is 19.6 Å². The maximum Gasteiger partial charge on any atom is 0.416 e. The monoisotopic (exact) mass is 421 g/mol. The average molecular weight is 422 g/mol. The second-order valence-corrected chi connectivity index (χ2v) is 8.12. The number of nitrogens with zero attached hydrogens (tertiary/aromatic N) is 1. The number of halogens is 3. The largest absolute Gasteiger partial charge is 0.416 e. The van der Waals surface area contributed by atoms with Crippen molar-refractivity contribution in [2.75, 3.05) is 19.6 Å². The normalized spacial score (nSPS) is 15.0. The first-order valence-electron chi connectivity index (χ1n) is 10.6. The molecule has 1 heterocycles. The third-order valence-corrected chi connectivity index (χ3v) is 5.96. The summed E-state index contributed by atoms with van der Waals surface area (Å²) in [4.78, 5) is 2.36. The van der Waals surface area contributed by atoms with Crippen molar-refractivity contribution in [3.8, 4) is 11.1 Å². The molecule has 0 spiro atoms. The molecule has 0 unspecified atom stereocenters. The Morgan fingerprint density at radius 1 is 0.871 bits per heavy atom. The summed E-state index contributed by atoms with van der Waals surface area (Å²) in [6.07, 6.45) is -0.509. The minimum absolute atomic E-state index is 0.582. The molecule has 0 saturated heterocycles. The SMILES string of the molecule is Cc1ccc(CCN2CC=C(c3cccc(C(F)(F)F)c3)CC2)cc1-c1ccccc1. The molecule has 0 bridgehead atoms. The van der Waals surface area contributed by atoms with Crippen LogP contribution in [0.5, 0.6) is 0 Å². The van der Waals surface area contributed by atoms with E-state index in [4.69, 9.17) is 0 Å². The smallest absolute Gasteiger partial charge is 0.299 e. The van der Waals surface area contributed by atoms with E-state index in [0.29, 0.717) is 5.56 Å². The molecular weight excluding hydrogens is 395 g/mol. The number of rotatable bonds is 5. The minimum Gasteiger partial charge on any atom is -0.299 e. The summed E-state index contributed by atoms with van der Waals surface area (Å²) in [7, 11) is 0. The fourth-order valence-electron chi connectivity index (χ4n) is 4.11. The van der Waals surface area contributed by atoms with Crippen molar-refractivity contribution in [1.82, 2.24) is 4.90 Å². The van der Waals surface area contributed by atoms with E-state index in [-0.39, 0.29) is 0 Å². The lowest BCUT2D eigenvalue weighted by Gasteiger charge is -2.27. The minimum atomic E-state index is -4.30. The van der Waals surface area contributed by atoms with Crippen molar-refractivity contribution in [1.29, 1.82) is 0 Å². The summed E-state index contributed by atoms with van der Waals surface area (Å²) in [5.74, 6) is 0. The molecule has 31 heavy (non-hydrogen) atoms. The summed E-state index contributed by atoms with van der Waals surface area (Å²) >= 11 is 0. The number of hydrogen-bond donors (Lipinski definition) is 0. The first-order chi connectivity index (χ1) is 14.9. The molecule has 3 aromatic rings. The summed E-state index contributed by atoms with van der Waals surface area (Å²) in [6.45, 7) is 4.70. The zero-order valence-corrected chi connectivity index (χ0v) is 17.6. The van der Waals surface area contributed by atoms with Gasteiger partial charge >= 0.3 is 6.18 Å². The van der Waals surface area contributed by atoms with E-state index < -0.39 is 11.7 Å². The van der Waals surface area contributed by atoms with E-state index in [2.05, 4.69) is 60.4 Å². The first-order valence-corrected chi connectivity index (χ1v) is 10.6.